The van der Waals surface area contributed by atoms with Crippen molar-refractivity contribution in [3.8, 4) is 0 Å². The number of H-pyrrole nitrogens is 1. The molecule has 1 saturated heterocycles. The monoisotopic (exact) mass is 431 g/mol. The van der Waals surface area contributed by atoms with E-state index in [1.54, 1.807) is 18.2 Å². The van der Waals surface area contributed by atoms with E-state index in [-0.39, 0.29) is 18.3 Å². The molecule has 1 amide bonds. The molecule has 31 heavy (non-hydrogen) atoms. The number of amides is 1. The molecule has 2 atom stereocenters. The fourth-order valence-corrected chi connectivity index (χ4v) is 3.93. The first-order valence-electron chi connectivity index (χ1n) is 10.2. The van der Waals surface area contributed by atoms with Gasteiger partial charge in [-0.2, -0.15) is 13.2 Å². The average molecular weight is 431 g/mol. The van der Waals surface area contributed by atoms with Crippen molar-refractivity contribution in [2.75, 3.05) is 19.8 Å². The van der Waals surface area contributed by atoms with E-state index in [1.807, 2.05) is 42.5 Å². The minimum Gasteiger partial charge on any atom is -0.378 e. The molecule has 2 heterocycles. The number of benzene rings is 2. The third kappa shape index (κ3) is 5.45. The first kappa shape index (κ1) is 21.4. The van der Waals surface area contributed by atoms with Crippen LogP contribution in [0.5, 0.6) is 0 Å². The van der Waals surface area contributed by atoms with E-state index in [4.69, 9.17) is 4.74 Å². The Hall–Kier alpha value is -2.84. The van der Waals surface area contributed by atoms with Gasteiger partial charge >= 0.3 is 6.18 Å². The van der Waals surface area contributed by atoms with E-state index >= 15 is 0 Å². The Morgan fingerprint density at radius 3 is 2.58 bits per heavy atom. The maximum Gasteiger partial charge on any atom is 0.406 e. The fourth-order valence-electron chi connectivity index (χ4n) is 3.93. The van der Waals surface area contributed by atoms with E-state index in [2.05, 4.69) is 10.3 Å². The molecular weight excluding hydrogens is 407 g/mol. The minimum absolute atomic E-state index is 0.0750. The van der Waals surface area contributed by atoms with Crippen molar-refractivity contribution in [2.45, 2.75) is 31.2 Å². The smallest absolute Gasteiger partial charge is 0.378 e. The SMILES string of the molecule is O=C(c1cc2ccccc2[nH]1)N(CC(F)(F)F)[C@H]1COC[C@H](NCc2ccccc2)C1. The summed E-state index contributed by atoms with van der Waals surface area (Å²) in [6.07, 6.45) is -4.12. The van der Waals surface area contributed by atoms with Crippen LogP contribution in [0.15, 0.2) is 60.7 Å². The largest absolute Gasteiger partial charge is 0.406 e. The van der Waals surface area contributed by atoms with Crippen LogP contribution in [0.25, 0.3) is 10.9 Å². The number of aromatic amines is 1. The molecule has 1 aromatic heterocycles. The number of aromatic nitrogens is 1. The Balaban J connectivity index is 1.50. The summed E-state index contributed by atoms with van der Waals surface area (Å²) in [5, 5.41) is 4.11. The number of hydrogen-bond acceptors (Lipinski definition) is 3. The number of ether oxygens (including phenoxy) is 1. The highest BCUT2D eigenvalue weighted by Crippen LogP contribution is 2.25. The van der Waals surface area contributed by atoms with Gasteiger partial charge in [0.2, 0.25) is 0 Å². The van der Waals surface area contributed by atoms with Crippen molar-refractivity contribution >= 4 is 16.8 Å². The zero-order valence-electron chi connectivity index (χ0n) is 16.9. The fraction of sp³-hybridized carbons (Fsp3) is 0.348. The first-order chi connectivity index (χ1) is 14.9. The highest BCUT2D eigenvalue weighted by atomic mass is 19.4. The number of rotatable bonds is 6. The standard InChI is InChI=1S/C23H24F3N3O2/c24-23(25,26)15-29(22(30)21-10-17-8-4-5-9-20(17)28-21)19-11-18(13-31-14-19)27-12-16-6-2-1-3-7-16/h1-10,18-19,27-28H,11-15H2/t18-,19-/m1/s1. The van der Waals surface area contributed by atoms with Gasteiger partial charge in [0, 0.05) is 23.5 Å². The summed E-state index contributed by atoms with van der Waals surface area (Å²) < 4.78 is 45.6. The predicted octanol–water partition coefficient (Wildman–Crippen LogP) is 4.12. The molecule has 2 N–H and O–H groups in total. The summed E-state index contributed by atoms with van der Waals surface area (Å²) in [4.78, 5) is 16.9. The Morgan fingerprint density at radius 1 is 1.10 bits per heavy atom. The summed E-state index contributed by atoms with van der Waals surface area (Å²) >= 11 is 0. The second-order valence-electron chi connectivity index (χ2n) is 7.81. The Kier molecular flexibility index (Phi) is 6.29. The third-order valence-electron chi connectivity index (χ3n) is 5.44. The summed E-state index contributed by atoms with van der Waals surface area (Å²) in [5.41, 5.74) is 1.93. The van der Waals surface area contributed by atoms with Gasteiger partial charge in [0.05, 0.1) is 19.3 Å². The quantitative estimate of drug-likeness (QED) is 0.617. The predicted molar refractivity (Wildman–Crippen MR) is 112 cm³/mol. The van der Waals surface area contributed by atoms with Crippen LogP contribution >= 0.6 is 0 Å². The second kappa shape index (κ2) is 9.11. The van der Waals surface area contributed by atoms with Crippen molar-refractivity contribution in [1.29, 1.82) is 0 Å². The van der Waals surface area contributed by atoms with Gasteiger partial charge in [-0.25, -0.2) is 0 Å². The lowest BCUT2D eigenvalue weighted by Crippen LogP contribution is -2.53. The van der Waals surface area contributed by atoms with Crippen LogP contribution in [0.3, 0.4) is 0 Å². The zero-order chi connectivity index (χ0) is 21.8. The average Bonchev–Trinajstić information content (AvgIpc) is 3.20. The molecule has 0 unspecified atom stereocenters. The van der Waals surface area contributed by atoms with Gasteiger partial charge < -0.3 is 19.9 Å². The van der Waals surface area contributed by atoms with Gasteiger partial charge in [-0.15, -0.1) is 0 Å². The van der Waals surface area contributed by atoms with E-state index in [9.17, 15) is 18.0 Å². The number of nitrogens with one attached hydrogen (secondary N) is 2. The molecule has 164 valence electrons. The van der Waals surface area contributed by atoms with Crippen molar-refractivity contribution in [2.24, 2.45) is 0 Å². The molecule has 0 aliphatic carbocycles. The molecule has 4 rings (SSSR count). The van der Waals surface area contributed by atoms with Crippen LogP contribution in [-0.2, 0) is 11.3 Å². The van der Waals surface area contributed by atoms with E-state index in [0.29, 0.717) is 25.1 Å². The Bertz CT molecular complexity index is 987. The van der Waals surface area contributed by atoms with Crippen LogP contribution in [-0.4, -0.2) is 53.8 Å². The number of fused-ring (bicyclic) bond motifs is 1. The lowest BCUT2D eigenvalue weighted by Gasteiger charge is -2.38. The number of alkyl halides is 3. The number of carbonyl (C=O) groups excluding carboxylic acids is 1. The molecule has 3 aromatic rings. The lowest BCUT2D eigenvalue weighted by atomic mass is 10.0. The van der Waals surface area contributed by atoms with Gasteiger partial charge in [0.1, 0.15) is 12.2 Å². The van der Waals surface area contributed by atoms with Gasteiger partial charge in [0.25, 0.3) is 5.91 Å². The molecule has 0 spiro atoms. The number of carbonyl (C=O) groups is 1. The highest BCUT2D eigenvalue weighted by Gasteiger charge is 2.39. The summed E-state index contributed by atoms with van der Waals surface area (Å²) in [5.74, 6) is -0.675. The molecule has 0 bridgehead atoms. The summed E-state index contributed by atoms with van der Waals surface area (Å²) in [6, 6.07) is 17.7. The number of nitrogens with zero attached hydrogens (tertiary/aromatic N) is 1. The normalized spacial score (nSPS) is 19.5. The van der Waals surface area contributed by atoms with Gasteiger partial charge in [-0.3, -0.25) is 4.79 Å². The van der Waals surface area contributed by atoms with Crippen LogP contribution in [0, 0.1) is 0 Å². The molecule has 5 nitrogen and oxygen atoms in total. The Labute approximate surface area is 178 Å². The van der Waals surface area contributed by atoms with E-state index < -0.39 is 24.7 Å². The molecule has 1 aliphatic rings. The van der Waals surface area contributed by atoms with Crippen molar-refractivity contribution in [3.63, 3.8) is 0 Å². The van der Waals surface area contributed by atoms with Crippen LogP contribution in [0.4, 0.5) is 13.2 Å². The highest BCUT2D eigenvalue weighted by molar-refractivity contribution is 5.98. The number of para-hydroxylation sites is 1. The minimum atomic E-state index is -4.51. The van der Waals surface area contributed by atoms with Crippen molar-refractivity contribution in [3.05, 3.63) is 71.9 Å². The molecule has 2 aromatic carbocycles. The zero-order valence-corrected chi connectivity index (χ0v) is 16.9. The van der Waals surface area contributed by atoms with Gasteiger partial charge in [-0.05, 0) is 24.1 Å². The molecule has 0 saturated carbocycles. The van der Waals surface area contributed by atoms with Gasteiger partial charge in [-0.1, -0.05) is 48.5 Å². The van der Waals surface area contributed by atoms with E-state index in [0.717, 1.165) is 15.8 Å². The lowest BCUT2D eigenvalue weighted by molar-refractivity contribution is -0.149. The Morgan fingerprint density at radius 2 is 1.84 bits per heavy atom. The topological polar surface area (TPSA) is 57.4 Å². The van der Waals surface area contributed by atoms with Crippen LogP contribution < -0.4 is 5.32 Å². The third-order valence-corrected chi connectivity index (χ3v) is 5.44. The van der Waals surface area contributed by atoms with Gasteiger partial charge in [0.15, 0.2) is 0 Å². The molecular formula is C23H24F3N3O2. The molecule has 0 radical (unpaired) electrons. The molecule has 1 aliphatic heterocycles. The molecule has 1 fully saturated rings. The summed E-state index contributed by atoms with van der Waals surface area (Å²) in [7, 11) is 0. The number of halogens is 3. The maximum atomic E-state index is 13.3. The first-order valence-corrected chi connectivity index (χ1v) is 10.2. The van der Waals surface area contributed by atoms with Crippen molar-refractivity contribution < 1.29 is 22.7 Å². The van der Waals surface area contributed by atoms with E-state index in [1.165, 1.54) is 0 Å². The van der Waals surface area contributed by atoms with Crippen LogP contribution in [0.1, 0.15) is 22.5 Å². The van der Waals surface area contributed by atoms with Crippen molar-refractivity contribution in [1.82, 2.24) is 15.2 Å². The summed E-state index contributed by atoms with van der Waals surface area (Å²) in [6.45, 7) is -0.271. The molecule has 8 heteroatoms. The van der Waals surface area contributed by atoms with Crippen LogP contribution in [0.2, 0.25) is 0 Å². The second-order valence-corrected chi connectivity index (χ2v) is 7.81. The maximum absolute atomic E-state index is 13.3. The number of hydrogen-bond donors (Lipinski definition) is 2.